The number of hydrogen-bond donors (Lipinski definition) is 1. The van der Waals surface area contributed by atoms with Crippen molar-refractivity contribution in [1.82, 2.24) is 9.97 Å². The van der Waals surface area contributed by atoms with Crippen LogP contribution in [-0.4, -0.2) is 9.97 Å². The highest BCUT2D eigenvalue weighted by Crippen LogP contribution is 2.23. The minimum atomic E-state index is 0.572. The summed E-state index contributed by atoms with van der Waals surface area (Å²) in [4.78, 5) is 8.95. The monoisotopic (exact) mass is 338 g/mol. The van der Waals surface area contributed by atoms with Crippen LogP contribution in [0.25, 0.3) is 11.0 Å². The molecule has 0 atom stereocenters. The molecule has 0 unspecified atom stereocenters. The maximum atomic E-state index is 8.85. The lowest BCUT2D eigenvalue weighted by molar-refractivity contribution is 1.04. The van der Waals surface area contributed by atoms with Gasteiger partial charge >= 0.3 is 0 Å². The molecule has 0 aliphatic heterocycles. The summed E-state index contributed by atoms with van der Waals surface area (Å²) in [5.41, 5.74) is 4.18. The number of benzene rings is 2. The van der Waals surface area contributed by atoms with Crippen LogP contribution in [0.3, 0.4) is 0 Å². The van der Waals surface area contributed by atoms with Gasteiger partial charge in [0, 0.05) is 10.2 Å². The van der Waals surface area contributed by atoms with Crippen LogP contribution in [0.1, 0.15) is 11.3 Å². The van der Waals surface area contributed by atoms with Crippen LogP contribution < -0.4 is 5.32 Å². The molecular formula is C16H11BrN4. The van der Waals surface area contributed by atoms with Gasteiger partial charge in [-0.05, 0) is 46.3 Å². The van der Waals surface area contributed by atoms with E-state index < -0.39 is 0 Å². The average Bonchev–Trinajstić information content (AvgIpc) is 2.53. The number of para-hydroxylation sites is 2. The predicted octanol–water partition coefficient (Wildman–Crippen LogP) is 3.88. The van der Waals surface area contributed by atoms with Gasteiger partial charge in [-0.3, -0.25) is 4.98 Å². The molecule has 21 heavy (non-hydrogen) atoms. The third-order valence-electron chi connectivity index (χ3n) is 3.06. The first kappa shape index (κ1) is 13.5. The SMILES string of the molecule is N#Cc1ccc(NCc2cnc3ccccc3n2)c(Br)c1. The summed E-state index contributed by atoms with van der Waals surface area (Å²) in [6.07, 6.45) is 1.77. The lowest BCUT2D eigenvalue weighted by Crippen LogP contribution is -2.03. The van der Waals surface area contributed by atoms with E-state index in [2.05, 4.69) is 37.3 Å². The normalized spacial score (nSPS) is 10.3. The number of nitriles is 1. The molecule has 3 rings (SSSR count). The minimum Gasteiger partial charge on any atom is -0.378 e. The first-order valence-corrected chi connectivity index (χ1v) is 7.20. The molecule has 3 aromatic rings. The average molecular weight is 339 g/mol. The van der Waals surface area contributed by atoms with Gasteiger partial charge in [-0.2, -0.15) is 5.26 Å². The maximum Gasteiger partial charge on any atom is 0.0992 e. The molecular weight excluding hydrogens is 328 g/mol. The fourth-order valence-corrected chi connectivity index (χ4v) is 2.51. The zero-order chi connectivity index (χ0) is 14.7. The van der Waals surface area contributed by atoms with Crippen LogP contribution in [0, 0.1) is 11.3 Å². The Labute approximate surface area is 130 Å². The standard InChI is InChI=1S/C16H11BrN4/c17-13-7-11(8-18)5-6-14(13)19-9-12-10-20-15-3-1-2-4-16(15)21-12/h1-7,10,19H,9H2. The molecule has 0 amide bonds. The summed E-state index contributed by atoms with van der Waals surface area (Å²) in [6, 6.07) is 15.3. The third kappa shape index (κ3) is 3.01. The van der Waals surface area contributed by atoms with Gasteiger partial charge in [0.1, 0.15) is 0 Å². The molecule has 0 spiro atoms. The Morgan fingerprint density at radius 2 is 1.95 bits per heavy atom. The minimum absolute atomic E-state index is 0.572. The fourth-order valence-electron chi connectivity index (χ4n) is 1.99. The summed E-state index contributed by atoms with van der Waals surface area (Å²) >= 11 is 3.45. The maximum absolute atomic E-state index is 8.85. The molecule has 0 aliphatic rings. The van der Waals surface area contributed by atoms with Crippen molar-refractivity contribution in [2.75, 3.05) is 5.32 Å². The topological polar surface area (TPSA) is 61.6 Å². The fraction of sp³-hybridized carbons (Fsp3) is 0.0625. The van der Waals surface area contributed by atoms with Gasteiger partial charge in [0.15, 0.2) is 0 Å². The summed E-state index contributed by atoms with van der Waals surface area (Å²) < 4.78 is 0.857. The molecule has 2 aromatic carbocycles. The number of rotatable bonds is 3. The number of aromatic nitrogens is 2. The first-order chi connectivity index (χ1) is 10.3. The van der Waals surface area contributed by atoms with Crippen LogP contribution in [0.15, 0.2) is 53.1 Å². The Bertz CT molecular complexity index is 839. The molecule has 1 aromatic heterocycles. The second kappa shape index (κ2) is 5.90. The highest BCUT2D eigenvalue weighted by molar-refractivity contribution is 9.10. The van der Waals surface area contributed by atoms with E-state index >= 15 is 0 Å². The van der Waals surface area contributed by atoms with Crippen LogP contribution in [0.5, 0.6) is 0 Å². The Balaban J connectivity index is 1.78. The quantitative estimate of drug-likeness (QED) is 0.787. The van der Waals surface area contributed by atoms with Gasteiger partial charge in [-0.25, -0.2) is 4.98 Å². The molecule has 1 heterocycles. The Morgan fingerprint density at radius 1 is 1.14 bits per heavy atom. The molecule has 0 aliphatic carbocycles. The lowest BCUT2D eigenvalue weighted by atomic mass is 10.2. The number of nitrogens with zero attached hydrogens (tertiary/aromatic N) is 3. The third-order valence-corrected chi connectivity index (χ3v) is 3.71. The van der Waals surface area contributed by atoms with E-state index in [0.29, 0.717) is 12.1 Å². The van der Waals surface area contributed by atoms with Gasteiger partial charge in [0.25, 0.3) is 0 Å². The highest BCUT2D eigenvalue weighted by atomic mass is 79.9. The van der Waals surface area contributed by atoms with Crippen LogP contribution >= 0.6 is 15.9 Å². The van der Waals surface area contributed by atoms with Crippen molar-refractivity contribution in [2.45, 2.75) is 6.54 Å². The summed E-state index contributed by atoms with van der Waals surface area (Å²) in [7, 11) is 0. The summed E-state index contributed by atoms with van der Waals surface area (Å²) in [5.74, 6) is 0. The van der Waals surface area contributed by atoms with Crippen molar-refractivity contribution >= 4 is 32.7 Å². The van der Waals surface area contributed by atoms with Gasteiger partial charge in [0.05, 0.1) is 41.1 Å². The van der Waals surface area contributed by atoms with E-state index in [1.807, 2.05) is 30.3 Å². The molecule has 102 valence electrons. The van der Waals surface area contributed by atoms with Crippen molar-refractivity contribution in [2.24, 2.45) is 0 Å². The number of halogens is 1. The Kier molecular flexibility index (Phi) is 3.80. The highest BCUT2D eigenvalue weighted by Gasteiger charge is 2.03. The van der Waals surface area contributed by atoms with Gasteiger partial charge in [-0.1, -0.05) is 12.1 Å². The van der Waals surface area contributed by atoms with Crippen molar-refractivity contribution in [1.29, 1.82) is 5.26 Å². The largest absolute Gasteiger partial charge is 0.378 e. The number of nitrogens with one attached hydrogen (secondary N) is 1. The van der Waals surface area contributed by atoms with Gasteiger partial charge in [-0.15, -0.1) is 0 Å². The Hall–Kier alpha value is -2.45. The van der Waals surface area contributed by atoms with E-state index in [1.165, 1.54) is 0 Å². The molecule has 0 fully saturated rings. The molecule has 0 bridgehead atoms. The van der Waals surface area contributed by atoms with Crippen LogP contribution in [0.4, 0.5) is 5.69 Å². The first-order valence-electron chi connectivity index (χ1n) is 6.40. The second-order valence-corrected chi connectivity index (χ2v) is 5.36. The van der Waals surface area contributed by atoms with Gasteiger partial charge in [0.2, 0.25) is 0 Å². The molecule has 4 nitrogen and oxygen atoms in total. The second-order valence-electron chi connectivity index (χ2n) is 4.51. The summed E-state index contributed by atoms with van der Waals surface area (Å²) in [6.45, 7) is 0.572. The van der Waals surface area contributed by atoms with Crippen molar-refractivity contribution < 1.29 is 0 Å². The number of anilines is 1. The molecule has 1 N–H and O–H groups in total. The number of hydrogen-bond acceptors (Lipinski definition) is 4. The van der Waals surface area contributed by atoms with E-state index in [1.54, 1.807) is 18.3 Å². The van der Waals surface area contributed by atoms with Crippen molar-refractivity contribution in [3.05, 3.63) is 64.4 Å². The Morgan fingerprint density at radius 3 is 2.71 bits per heavy atom. The molecule has 0 saturated heterocycles. The molecule has 0 saturated carbocycles. The zero-order valence-corrected chi connectivity index (χ0v) is 12.6. The smallest absolute Gasteiger partial charge is 0.0992 e. The van der Waals surface area contributed by atoms with E-state index in [0.717, 1.165) is 26.9 Å². The lowest BCUT2D eigenvalue weighted by Gasteiger charge is -2.08. The van der Waals surface area contributed by atoms with Crippen molar-refractivity contribution in [3.63, 3.8) is 0 Å². The predicted molar refractivity (Wildman–Crippen MR) is 85.7 cm³/mol. The van der Waals surface area contributed by atoms with Crippen LogP contribution in [-0.2, 0) is 6.54 Å². The van der Waals surface area contributed by atoms with Crippen LogP contribution in [0.2, 0.25) is 0 Å². The van der Waals surface area contributed by atoms with E-state index in [4.69, 9.17) is 5.26 Å². The summed E-state index contributed by atoms with van der Waals surface area (Å²) in [5, 5.41) is 12.1. The zero-order valence-electron chi connectivity index (χ0n) is 11.0. The molecule has 5 heteroatoms. The molecule has 0 radical (unpaired) electrons. The van der Waals surface area contributed by atoms with Gasteiger partial charge < -0.3 is 5.32 Å². The van der Waals surface area contributed by atoms with E-state index in [9.17, 15) is 0 Å². The van der Waals surface area contributed by atoms with Crippen molar-refractivity contribution in [3.8, 4) is 6.07 Å². The van der Waals surface area contributed by atoms with E-state index in [-0.39, 0.29) is 0 Å². The number of fused-ring (bicyclic) bond motifs is 1.